The Morgan fingerprint density at radius 1 is 1.36 bits per heavy atom. The van der Waals surface area contributed by atoms with E-state index in [9.17, 15) is 18.0 Å². The van der Waals surface area contributed by atoms with Gasteiger partial charge >= 0.3 is 6.18 Å². The minimum atomic E-state index is -4.49. The Morgan fingerprint density at radius 2 is 2.16 bits per heavy atom. The van der Waals surface area contributed by atoms with Gasteiger partial charge in [0.15, 0.2) is 11.4 Å². The number of hydrogen-bond donors (Lipinski definition) is 2. The zero-order chi connectivity index (χ0) is 18.0. The van der Waals surface area contributed by atoms with Gasteiger partial charge in [-0.25, -0.2) is 9.78 Å². The Bertz CT molecular complexity index is 888. The van der Waals surface area contributed by atoms with Gasteiger partial charge in [-0.3, -0.25) is 10.1 Å². The van der Waals surface area contributed by atoms with Crippen molar-refractivity contribution in [3.63, 3.8) is 0 Å². The quantitative estimate of drug-likeness (QED) is 0.751. The van der Waals surface area contributed by atoms with Crippen LogP contribution in [0.3, 0.4) is 0 Å². The molecule has 2 N–H and O–H groups in total. The number of carbonyl (C=O) groups is 1. The van der Waals surface area contributed by atoms with Gasteiger partial charge < -0.3 is 4.74 Å². The molecule has 3 aromatic rings. The van der Waals surface area contributed by atoms with E-state index in [4.69, 9.17) is 4.74 Å². The van der Waals surface area contributed by atoms with Crippen molar-refractivity contribution in [3.05, 3.63) is 48.0 Å². The number of alkyl halides is 3. The maximum Gasteiger partial charge on any atom is 0.416 e. The third-order valence-corrected chi connectivity index (χ3v) is 3.20. The zero-order valence-corrected chi connectivity index (χ0v) is 12.7. The van der Waals surface area contributed by atoms with Crippen LogP contribution >= 0.6 is 0 Å². The summed E-state index contributed by atoms with van der Waals surface area (Å²) in [7, 11) is 1.32. The molecule has 11 heteroatoms. The molecule has 2 heterocycles. The number of aromatic nitrogens is 5. The fourth-order valence-corrected chi connectivity index (χ4v) is 2.05. The molecule has 0 saturated heterocycles. The van der Waals surface area contributed by atoms with Crippen molar-refractivity contribution in [1.82, 2.24) is 25.0 Å². The lowest BCUT2D eigenvalue weighted by Crippen LogP contribution is -2.15. The highest BCUT2D eigenvalue weighted by Gasteiger charge is 2.30. The number of rotatable bonds is 4. The Kier molecular flexibility index (Phi) is 4.13. The smallest absolute Gasteiger partial charge is 0.416 e. The molecular formula is C14H11F3N6O2. The van der Waals surface area contributed by atoms with Crippen molar-refractivity contribution >= 4 is 11.9 Å². The molecular weight excluding hydrogens is 341 g/mol. The molecule has 0 atom stereocenters. The predicted octanol–water partition coefficient (Wildman–Crippen LogP) is 2.27. The second kappa shape index (κ2) is 6.26. The molecule has 0 saturated carbocycles. The Morgan fingerprint density at radius 3 is 2.80 bits per heavy atom. The standard InChI is InChI=1S/C14H11F3N6O2/c1-25-10-6-23(9-4-2-3-8(5-9)14(15,16)17)22-11(10)12(24)20-13-18-7-19-21-13/h2-7H,1H3,(H2,18,19,20,21,24). The van der Waals surface area contributed by atoms with Crippen molar-refractivity contribution in [2.45, 2.75) is 6.18 Å². The summed E-state index contributed by atoms with van der Waals surface area (Å²) in [6, 6.07) is 4.55. The first-order valence-corrected chi connectivity index (χ1v) is 6.86. The number of carbonyl (C=O) groups excluding carboxylic acids is 1. The van der Waals surface area contributed by atoms with Crippen molar-refractivity contribution < 1.29 is 22.7 Å². The van der Waals surface area contributed by atoms with Crippen LogP contribution in [0.5, 0.6) is 5.75 Å². The van der Waals surface area contributed by atoms with Gasteiger partial charge in [-0.05, 0) is 18.2 Å². The van der Waals surface area contributed by atoms with E-state index in [1.807, 2.05) is 0 Å². The van der Waals surface area contributed by atoms with Crippen molar-refractivity contribution in [2.24, 2.45) is 0 Å². The zero-order valence-electron chi connectivity index (χ0n) is 12.7. The number of halogens is 3. The molecule has 0 aliphatic rings. The van der Waals surface area contributed by atoms with E-state index in [1.54, 1.807) is 0 Å². The SMILES string of the molecule is COc1cn(-c2cccc(C(F)(F)F)c2)nc1C(=O)Nc1ncn[nH]1. The van der Waals surface area contributed by atoms with Crippen LogP contribution in [-0.4, -0.2) is 38.0 Å². The lowest BCUT2D eigenvalue weighted by atomic mass is 10.2. The number of benzene rings is 1. The highest BCUT2D eigenvalue weighted by Crippen LogP contribution is 2.30. The third kappa shape index (κ3) is 3.44. The molecule has 25 heavy (non-hydrogen) atoms. The monoisotopic (exact) mass is 352 g/mol. The van der Waals surface area contributed by atoms with E-state index < -0.39 is 17.6 Å². The van der Waals surface area contributed by atoms with Crippen molar-refractivity contribution in [1.29, 1.82) is 0 Å². The minimum absolute atomic E-state index is 0.0921. The first-order valence-electron chi connectivity index (χ1n) is 6.86. The number of anilines is 1. The maximum atomic E-state index is 12.8. The number of hydrogen-bond acceptors (Lipinski definition) is 5. The molecule has 0 aliphatic carbocycles. The maximum absolute atomic E-state index is 12.8. The Labute approximate surface area is 138 Å². The van der Waals surface area contributed by atoms with Crippen molar-refractivity contribution in [2.75, 3.05) is 12.4 Å². The lowest BCUT2D eigenvalue weighted by Gasteiger charge is -2.08. The van der Waals surface area contributed by atoms with Crippen LogP contribution in [0, 0.1) is 0 Å². The second-order valence-electron chi connectivity index (χ2n) is 4.83. The summed E-state index contributed by atoms with van der Waals surface area (Å²) in [4.78, 5) is 16.0. The average Bonchev–Trinajstić information content (AvgIpc) is 3.23. The van der Waals surface area contributed by atoms with Gasteiger partial charge in [-0.2, -0.15) is 28.4 Å². The van der Waals surface area contributed by atoms with Gasteiger partial charge in [-0.15, -0.1) is 0 Å². The molecule has 0 radical (unpaired) electrons. The minimum Gasteiger partial charge on any atom is -0.493 e. The molecule has 0 fully saturated rings. The highest BCUT2D eigenvalue weighted by atomic mass is 19.4. The number of ether oxygens (including phenoxy) is 1. The number of nitrogens with zero attached hydrogens (tertiary/aromatic N) is 4. The molecule has 3 rings (SSSR count). The lowest BCUT2D eigenvalue weighted by molar-refractivity contribution is -0.137. The number of H-pyrrole nitrogens is 1. The molecule has 0 bridgehead atoms. The van der Waals surface area contributed by atoms with E-state index in [0.29, 0.717) is 0 Å². The van der Waals surface area contributed by atoms with Crippen LogP contribution in [0.15, 0.2) is 36.8 Å². The number of methoxy groups -OCH3 is 1. The number of aromatic amines is 1. The molecule has 1 aromatic carbocycles. The highest BCUT2D eigenvalue weighted by molar-refractivity contribution is 6.03. The molecule has 0 aliphatic heterocycles. The summed E-state index contributed by atoms with van der Waals surface area (Å²) < 4.78 is 44.7. The van der Waals surface area contributed by atoms with Gasteiger partial charge in [0.25, 0.3) is 5.91 Å². The summed E-state index contributed by atoms with van der Waals surface area (Å²) in [5.41, 5.74) is -0.810. The van der Waals surface area contributed by atoms with E-state index in [2.05, 4.69) is 25.6 Å². The van der Waals surface area contributed by atoms with Gasteiger partial charge in [0, 0.05) is 0 Å². The molecule has 0 unspecified atom stereocenters. The Balaban J connectivity index is 1.94. The van der Waals surface area contributed by atoms with E-state index in [0.717, 1.165) is 16.8 Å². The van der Waals surface area contributed by atoms with Gasteiger partial charge in [-0.1, -0.05) is 6.07 Å². The molecule has 0 spiro atoms. The third-order valence-electron chi connectivity index (χ3n) is 3.20. The Hall–Kier alpha value is -3.37. The molecule has 2 aromatic heterocycles. The van der Waals surface area contributed by atoms with Gasteiger partial charge in [0.05, 0.1) is 24.6 Å². The van der Waals surface area contributed by atoms with E-state index >= 15 is 0 Å². The van der Waals surface area contributed by atoms with Crippen LogP contribution in [0.4, 0.5) is 19.1 Å². The summed E-state index contributed by atoms with van der Waals surface area (Å²) in [5, 5.41) is 12.4. The first kappa shape index (κ1) is 16.5. The summed E-state index contributed by atoms with van der Waals surface area (Å²) in [6.45, 7) is 0. The topological polar surface area (TPSA) is 97.7 Å². The molecule has 1 amide bonds. The largest absolute Gasteiger partial charge is 0.493 e. The second-order valence-corrected chi connectivity index (χ2v) is 4.83. The van der Waals surface area contributed by atoms with Crippen molar-refractivity contribution in [3.8, 4) is 11.4 Å². The summed E-state index contributed by atoms with van der Waals surface area (Å²) in [6.07, 6.45) is -1.97. The first-order chi connectivity index (χ1) is 11.9. The van der Waals surface area contributed by atoms with Crippen LogP contribution < -0.4 is 10.1 Å². The van der Waals surface area contributed by atoms with E-state index in [1.165, 1.54) is 31.8 Å². The predicted molar refractivity (Wildman–Crippen MR) is 79.5 cm³/mol. The molecule has 130 valence electrons. The van der Waals surface area contributed by atoms with Crippen LogP contribution in [0.25, 0.3) is 5.69 Å². The number of amides is 1. The van der Waals surface area contributed by atoms with Gasteiger partial charge in [0.2, 0.25) is 5.95 Å². The summed E-state index contributed by atoms with van der Waals surface area (Å²) >= 11 is 0. The fraction of sp³-hybridized carbons (Fsp3) is 0.143. The van der Waals surface area contributed by atoms with Crippen LogP contribution in [0.1, 0.15) is 16.1 Å². The van der Waals surface area contributed by atoms with Gasteiger partial charge in [0.1, 0.15) is 6.33 Å². The number of nitrogens with one attached hydrogen (secondary N) is 2. The normalized spacial score (nSPS) is 11.4. The average molecular weight is 352 g/mol. The van der Waals surface area contributed by atoms with E-state index in [-0.39, 0.29) is 23.1 Å². The molecule has 8 nitrogen and oxygen atoms in total. The van der Waals surface area contributed by atoms with Crippen LogP contribution in [-0.2, 0) is 6.18 Å². The van der Waals surface area contributed by atoms with Crippen LogP contribution in [0.2, 0.25) is 0 Å². The fourth-order valence-electron chi connectivity index (χ4n) is 2.05. The summed E-state index contributed by atoms with van der Waals surface area (Å²) in [5.74, 6) is -0.463.